The van der Waals surface area contributed by atoms with E-state index in [0.29, 0.717) is 11.3 Å². The van der Waals surface area contributed by atoms with Crippen molar-refractivity contribution in [3.8, 4) is 0 Å². The molecule has 0 atom stereocenters. The van der Waals surface area contributed by atoms with E-state index in [1.54, 1.807) is 6.33 Å². The molecule has 18 heavy (non-hydrogen) atoms. The van der Waals surface area contributed by atoms with Gasteiger partial charge in [-0.15, -0.1) is 0 Å². The van der Waals surface area contributed by atoms with Crippen molar-refractivity contribution in [2.24, 2.45) is 0 Å². The zero-order chi connectivity index (χ0) is 13.0. The second-order valence-corrected chi connectivity index (χ2v) is 4.53. The van der Waals surface area contributed by atoms with Crippen LogP contribution in [0.2, 0.25) is 0 Å². The van der Waals surface area contributed by atoms with Gasteiger partial charge in [0.25, 0.3) is 0 Å². The van der Waals surface area contributed by atoms with Gasteiger partial charge in [0.05, 0.1) is 6.33 Å². The summed E-state index contributed by atoms with van der Waals surface area (Å²) in [7, 11) is 2.15. The number of nitrogens with two attached hydrogens (primary N) is 1. The molecule has 0 aromatic carbocycles. The van der Waals surface area contributed by atoms with Gasteiger partial charge in [-0.25, -0.2) is 15.0 Å². The number of anilines is 1. The highest BCUT2D eigenvalue weighted by molar-refractivity contribution is 5.80. The maximum absolute atomic E-state index is 5.75. The van der Waals surface area contributed by atoms with Gasteiger partial charge in [-0.2, -0.15) is 0 Å². The van der Waals surface area contributed by atoms with E-state index >= 15 is 0 Å². The van der Waals surface area contributed by atoms with Gasteiger partial charge in [-0.3, -0.25) is 0 Å². The van der Waals surface area contributed by atoms with E-state index < -0.39 is 0 Å². The Bertz CT molecular complexity index is 506. The Morgan fingerprint density at radius 1 is 1.28 bits per heavy atom. The first-order chi connectivity index (χ1) is 8.72. The fourth-order valence-electron chi connectivity index (χ4n) is 2.07. The minimum atomic E-state index is 0.446. The number of nitrogen functional groups attached to an aromatic ring is 1. The lowest BCUT2D eigenvalue weighted by atomic mass is 10.3. The number of hydrogen-bond donors (Lipinski definition) is 1. The molecule has 0 saturated heterocycles. The molecule has 0 aliphatic heterocycles. The SMILES string of the molecule is CCCN(C)CCCn1cnc2c(N)ncnc21. The van der Waals surface area contributed by atoms with Crippen LogP contribution in [0.25, 0.3) is 11.2 Å². The lowest BCUT2D eigenvalue weighted by Crippen LogP contribution is -2.21. The predicted octanol–water partition coefficient (Wildman–Crippen LogP) is 1.14. The van der Waals surface area contributed by atoms with E-state index in [1.165, 1.54) is 12.7 Å². The summed E-state index contributed by atoms with van der Waals surface area (Å²) in [6.45, 7) is 5.31. The molecule has 0 radical (unpaired) electrons. The van der Waals surface area contributed by atoms with Gasteiger partial charge >= 0.3 is 0 Å². The summed E-state index contributed by atoms with van der Waals surface area (Å²) in [5.74, 6) is 0.446. The first kappa shape index (κ1) is 12.8. The zero-order valence-electron chi connectivity index (χ0n) is 11.0. The maximum Gasteiger partial charge on any atom is 0.165 e. The molecule has 0 spiro atoms. The summed E-state index contributed by atoms with van der Waals surface area (Å²) in [4.78, 5) is 14.8. The second kappa shape index (κ2) is 5.77. The molecule has 0 fully saturated rings. The third-order valence-electron chi connectivity index (χ3n) is 2.97. The number of imidazole rings is 1. The summed E-state index contributed by atoms with van der Waals surface area (Å²) >= 11 is 0. The minimum absolute atomic E-state index is 0.446. The van der Waals surface area contributed by atoms with Crippen LogP contribution < -0.4 is 5.73 Å². The van der Waals surface area contributed by atoms with Gasteiger partial charge in [0.2, 0.25) is 0 Å². The van der Waals surface area contributed by atoms with Crippen LogP contribution in [-0.4, -0.2) is 44.6 Å². The van der Waals surface area contributed by atoms with Crippen LogP contribution in [0.15, 0.2) is 12.7 Å². The van der Waals surface area contributed by atoms with Crippen LogP contribution in [0, 0.1) is 0 Å². The van der Waals surface area contributed by atoms with Crippen molar-refractivity contribution in [3.63, 3.8) is 0 Å². The maximum atomic E-state index is 5.75. The van der Waals surface area contributed by atoms with E-state index in [-0.39, 0.29) is 0 Å². The Hall–Kier alpha value is -1.69. The van der Waals surface area contributed by atoms with Crippen LogP contribution in [0.5, 0.6) is 0 Å². The molecular formula is C12H20N6. The Balaban J connectivity index is 1.98. The van der Waals surface area contributed by atoms with E-state index in [2.05, 4.69) is 33.8 Å². The normalized spacial score (nSPS) is 11.5. The third-order valence-corrected chi connectivity index (χ3v) is 2.97. The molecule has 0 saturated carbocycles. The molecule has 2 heterocycles. The van der Waals surface area contributed by atoms with Crippen molar-refractivity contribution in [2.45, 2.75) is 26.3 Å². The highest BCUT2D eigenvalue weighted by atomic mass is 15.1. The Morgan fingerprint density at radius 3 is 2.89 bits per heavy atom. The highest BCUT2D eigenvalue weighted by Gasteiger charge is 2.07. The van der Waals surface area contributed by atoms with Crippen LogP contribution in [0.3, 0.4) is 0 Å². The minimum Gasteiger partial charge on any atom is -0.382 e. The van der Waals surface area contributed by atoms with Crippen LogP contribution in [0.1, 0.15) is 19.8 Å². The number of aromatic nitrogens is 4. The predicted molar refractivity (Wildman–Crippen MR) is 72.1 cm³/mol. The Kier molecular flexibility index (Phi) is 4.09. The number of hydrogen-bond acceptors (Lipinski definition) is 5. The number of aryl methyl sites for hydroxylation is 1. The zero-order valence-corrected chi connectivity index (χ0v) is 11.0. The molecule has 0 unspecified atom stereocenters. The fourth-order valence-corrected chi connectivity index (χ4v) is 2.07. The average molecular weight is 248 g/mol. The summed E-state index contributed by atoms with van der Waals surface area (Å²) in [6, 6.07) is 0. The van der Waals surface area contributed by atoms with Crippen LogP contribution in [-0.2, 0) is 6.54 Å². The summed E-state index contributed by atoms with van der Waals surface area (Å²) < 4.78 is 2.03. The van der Waals surface area contributed by atoms with E-state index in [1.807, 2.05) is 4.57 Å². The number of fused-ring (bicyclic) bond motifs is 1. The summed E-state index contributed by atoms with van der Waals surface area (Å²) in [5, 5.41) is 0. The van der Waals surface area contributed by atoms with Crippen LogP contribution >= 0.6 is 0 Å². The van der Waals surface area contributed by atoms with Crippen molar-refractivity contribution < 1.29 is 0 Å². The quantitative estimate of drug-likeness (QED) is 0.830. The molecule has 98 valence electrons. The molecule has 0 amide bonds. The third kappa shape index (κ3) is 2.76. The van der Waals surface area contributed by atoms with Gasteiger partial charge in [0.1, 0.15) is 11.8 Å². The van der Waals surface area contributed by atoms with Gasteiger partial charge in [0, 0.05) is 6.54 Å². The molecular weight excluding hydrogens is 228 g/mol. The monoisotopic (exact) mass is 248 g/mol. The molecule has 0 bridgehead atoms. The van der Waals surface area contributed by atoms with Crippen LogP contribution in [0.4, 0.5) is 5.82 Å². The summed E-state index contributed by atoms with van der Waals surface area (Å²) in [6.07, 6.45) is 5.54. The molecule has 0 aliphatic rings. The molecule has 2 aromatic rings. The number of nitrogens with zero attached hydrogens (tertiary/aromatic N) is 5. The Labute approximate surface area is 107 Å². The molecule has 6 heteroatoms. The Morgan fingerprint density at radius 2 is 2.11 bits per heavy atom. The fraction of sp³-hybridized carbons (Fsp3) is 0.583. The second-order valence-electron chi connectivity index (χ2n) is 4.53. The average Bonchev–Trinajstić information content (AvgIpc) is 2.75. The van der Waals surface area contributed by atoms with Gasteiger partial charge in [-0.05, 0) is 33.0 Å². The van der Waals surface area contributed by atoms with E-state index in [4.69, 9.17) is 5.73 Å². The summed E-state index contributed by atoms with van der Waals surface area (Å²) in [5.41, 5.74) is 7.26. The molecule has 0 aliphatic carbocycles. The molecule has 2 N–H and O–H groups in total. The van der Waals surface area contributed by atoms with E-state index in [0.717, 1.165) is 31.7 Å². The first-order valence-corrected chi connectivity index (χ1v) is 6.32. The first-order valence-electron chi connectivity index (χ1n) is 6.32. The highest BCUT2D eigenvalue weighted by Crippen LogP contribution is 2.14. The van der Waals surface area contributed by atoms with Crippen molar-refractivity contribution >= 4 is 17.0 Å². The van der Waals surface area contributed by atoms with Crippen molar-refractivity contribution in [3.05, 3.63) is 12.7 Å². The largest absolute Gasteiger partial charge is 0.382 e. The standard InChI is InChI=1S/C12H20N6/c1-3-5-17(2)6-4-7-18-9-16-10-11(13)14-8-15-12(10)18/h8-9H,3-7H2,1-2H3,(H2,13,14,15). The molecule has 2 aromatic heterocycles. The molecule has 2 rings (SSSR count). The topological polar surface area (TPSA) is 72.9 Å². The van der Waals surface area contributed by atoms with E-state index in [9.17, 15) is 0 Å². The lowest BCUT2D eigenvalue weighted by molar-refractivity contribution is 0.322. The molecule has 6 nitrogen and oxygen atoms in total. The van der Waals surface area contributed by atoms with Gasteiger partial charge in [-0.1, -0.05) is 6.92 Å². The van der Waals surface area contributed by atoms with Crippen molar-refractivity contribution in [1.29, 1.82) is 0 Å². The lowest BCUT2D eigenvalue weighted by Gasteiger charge is -2.15. The number of rotatable bonds is 6. The van der Waals surface area contributed by atoms with Crippen molar-refractivity contribution in [1.82, 2.24) is 24.4 Å². The smallest absolute Gasteiger partial charge is 0.165 e. The van der Waals surface area contributed by atoms with Gasteiger partial charge < -0.3 is 15.2 Å². The van der Waals surface area contributed by atoms with Gasteiger partial charge in [0.15, 0.2) is 11.5 Å². The van der Waals surface area contributed by atoms with Crippen molar-refractivity contribution in [2.75, 3.05) is 25.9 Å².